The number of benzene rings is 1. The van der Waals surface area contributed by atoms with Gasteiger partial charge in [-0.1, -0.05) is 12.1 Å². The number of rotatable bonds is 5. The molecule has 2 aromatic rings. The number of carbonyl (C=O) groups is 1. The van der Waals surface area contributed by atoms with Gasteiger partial charge in [0.2, 0.25) is 0 Å². The first-order valence-corrected chi connectivity index (χ1v) is 5.43. The Morgan fingerprint density at radius 3 is 3.00 bits per heavy atom. The van der Waals surface area contributed by atoms with Crippen LogP contribution in [0.3, 0.4) is 0 Å². The highest BCUT2D eigenvalue weighted by molar-refractivity contribution is 5.62. The molecule has 18 heavy (non-hydrogen) atoms. The van der Waals surface area contributed by atoms with Crippen molar-refractivity contribution >= 4 is 12.0 Å². The number of aromatic amines is 1. The van der Waals surface area contributed by atoms with Crippen LogP contribution >= 0.6 is 0 Å². The highest BCUT2D eigenvalue weighted by atomic mass is 16.6. The monoisotopic (exact) mass is 245 g/mol. The number of non-ortho nitro benzene ring substituents is 1. The zero-order valence-corrected chi connectivity index (χ0v) is 9.50. The number of aldehydes is 1. The van der Waals surface area contributed by atoms with E-state index in [0.29, 0.717) is 29.9 Å². The summed E-state index contributed by atoms with van der Waals surface area (Å²) in [7, 11) is 0. The third kappa shape index (κ3) is 2.60. The maximum Gasteiger partial charge on any atom is 0.270 e. The number of nitrogens with one attached hydrogen (secondary N) is 1. The molecule has 0 spiro atoms. The predicted molar refractivity (Wildman–Crippen MR) is 65.1 cm³/mol. The van der Waals surface area contributed by atoms with Gasteiger partial charge in [-0.3, -0.25) is 10.1 Å². The highest BCUT2D eigenvalue weighted by Crippen LogP contribution is 2.22. The van der Waals surface area contributed by atoms with Gasteiger partial charge < -0.3 is 9.78 Å². The van der Waals surface area contributed by atoms with E-state index >= 15 is 0 Å². The zero-order valence-electron chi connectivity index (χ0n) is 9.50. The van der Waals surface area contributed by atoms with Crippen molar-refractivity contribution < 1.29 is 9.72 Å². The second-order valence-electron chi connectivity index (χ2n) is 3.75. The Morgan fingerprint density at radius 1 is 1.44 bits per heavy atom. The molecule has 0 aliphatic rings. The van der Waals surface area contributed by atoms with Gasteiger partial charge >= 0.3 is 0 Å². The van der Waals surface area contributed by atoms with Crippen LogP contribution in [0.4, 0.5) is 5.69 Å². The van der Waals surface area contributed by atoms with Gasteiger partial charge in [-0.15, -0.1) is 0 Å². The fourth-order valence-corrected chi connectivity index (χ4v) is 1.61. The fourth-order valence-electron chi connectivity index (χ4n) is 1.61. The molecule has 0 saturated carbocycles. The molecule has 0 unspecified atom stereocenters. The highest BCUT2D eigenvalue weighted by Gasteiger charge is 2.09. The standard InChI is InChI=1S/C12H11N3O3/c16-6-2-5-12-13-8-11(14-12)9-3-1-4-10(7-9)15(17)18/h1,3-4,6-8H,2,5H2,(H,13,14). The molecule has 6 nitrogen and oxygen atoms in total. The van der Waals surface area contributed by atoms with E-state index in [0.717, 1.165) is 6.29 Å². The van der Waals surface area contributed by atoms with E-state index in [1.54, 1.807) is 18.3 Å². The predicted octanol–water partition coefficient (Wildman–Crippen LogP) is 2.12. The molecule has 1 N–H and O–H groups in total. The Bertz CT molecular complexity index is 577. The number of aromatic nitrogens is 2. The van der Waals surface area contributed by atoms with Crippen LogP contribution in [-0.2, 0) is 11.2 Å². The molecule has 0 radical (unpaired) electrons. The number of aryl methyl sites for hydroxylation is 1. The molecule has 0 saturated heterocycles. The maximum absolute atomic E-state index is 10.7. The minimum absolute atomic E-state index is 0.0324. The average molecular weight is 245 g/mol. The van der Waals surface area contributed by atoms with Gasteiger partial charge in [-0.25, -0.2) is 4.98 Å². The van der Waals surface area contributed by atoms with E-state index in [9.17, 15) is 14.9 Å². The molecular formula is C12H11N3O3. The van der Waals surface area contributed by atoms with Gasteiger partial charge in [0.15, 0.2) is 0 Å². The van der Waals surface area contributed by atoms with Crippen molar-refractivity contribution in [3.63, 3.8) is 0 Å². The van der Waals surface area contributed by atoms with E-state index in [-0.39, 0.29) is 5.69 Å². The van der Waals surface area contributed by atoms with Crippen molar-refractivity contribution in [3.05, 3.63) is 46.4 Å². The smallest absolute Gasteiger partial charge is 0.270 e. The summed E-state index contributed by atoms with van der Waals surface area (Å²) >= 11 is 0. The summed E-state index contributed by atoms with van der Waals surface area (Å²) in [5.41, 5.74) is 1.35. The van der Waals surface area contributed by atoms with E-state index in [4.69, 9.17) is 0 Å². The molecule has 0 aliphatic heterocycles. The molecule has 2 rings (SSSR count). The second-order valence-corrected chi connectivity index (χ2v) is 3.75. The third-order valence-corrected chi connectivity index (χ3v) is 2.48. The number of hydrogen-bond donors (Lipinski definition) is 1. The third-order valence-electron chi connectivity index (χ3n) is 2.48. The number of nitro groups is 1. The van der Waals surface area contributed by atoms with Crippen molar-refractivity contribution in [2.24, 2.45) is 0 Å². The Kier molecular flexibility index (Phi) is 3.47. The quantitative estimate of drug-likeness (QED) is 0.496. The summed E-state index contributed by atoms with van der Waals surface area (Å²) < 4.78 is 0. The van der Waals surface area contributed by atoms with Crippen LogP contribution < -0.4 is 0 Å². The minimum Gasteiger partial charge on any atom is -0.348 e. The topological polar surface area (TPSA) is 88.9 Å². The molecule has 1 heterocycles. The Hall–Kier alpha value is -2.50. The lowest BCUT2D eigenvalue weighted by Crippen LogP contribution is -1.90. The first kappa shape index (κ1) is 12.0. The van der Waals surface area contributed by atoms with Gasteiger partial charge in [0, 0.05) is 36.7 Å². The average Bonchev–Trinajstić information content (AvgIpc) is 2.85. The van der Waals surface area contributed by atoms with Crippen molar-refractivity contribution in [1.82, 2.24) is 9.97 Å². The van der Waals surface area contributed by atoms with Crippen LogP contribution in [-0.4, -0.2) is 21.2 Å². The fraction of sp³-hybridized carbons (Fsp3) is 0.167. The van der Waals surface area contributed by atoms with Crippen molar-refractivity contribution in [3.8, 4) is 11.3 Å². The van der Waals surface area contributed by atoms with Gasteiger partial charge in [0.05, 0.1) is 10.6 Å². The molecule has 0 amide bonds. The van der Waals surface area contributed by atoms with Gasteiger partial charge in [0.1, 0.15) is 12.1 Å². The molecule has 0 atom stereocenters. The number of nitro benzene ring substituents is 1. The lowest BCUT2D eigenvalue weighted by atomic mass is 10.1. The Morgan fingerprint density at radius 2 is 2.28 bits per heavy atom. The molecule has 0 aliphatic carbocycles. The number of imidazole rings is 1. The lowest BCUT2D eigenvalue weighted by molar-refractivity contribution is -0.384. The molecule has 6 heteroatoms. The number of hydrogen-bond acceptors (Lipinski definition) is 4. The van der Waals surface area contributed by atoms with Crippen LogP contribution in [0, 0.1) is 10.1 Å². The minimum atomic E-state index is -0.441. The summed E-state index contributed by atoms with van der Waals surface area (Å²) in [5.74, 6) is 0.698. The summed E-state index contributed by atoms with van der Waals surface area (Å²) in [4.78, 5) is 27.7. The van der Waals surface area contributed by atoms with Gasteiger partial charge in [-0.2, -0.15) is 0 Å². The van der Waals surface area contributed by atoms with Gasteiger partial charge in [0.25, 0.3) is 5.69 Å². The largest absolute Gasteiger partial charge is 0.348 e. The van der Waals surface area contributed by atoms with Crippen molar-refractivity contribution in [1.29, 1.82) is 0 Å². The maximum atomic E-state index is 10.7. The van der Waals surface area contributed by atoms with E-state index in [2.05, 4.69) is 9.97 Å². The molecule has 0 bridgehead atoms. The summed E-state index contributed by atoms with van der Waals surface area (Å²) in [6.07, 6.45) is 3.45. The first-order valence-electron chi connectivity index (χ1n) is 5.43. The zero-order chi connectivity index (χ0) is 13.0. The molecular weight excluding hydrogens is 234 g/mol. The summed E-state index contributed by atoms with van der Waals surface area (Å²) in [5, 5.41) is 10.7. The normalized spacial score (nSPS) is 10.2. The summed E-state index contributed by atoms with van der Waals surface area (Å²) in [6.45, 7) is 0. The number of H-pyrrole nitrogens is 1. The van der Waals surface area contributed by atoms with Crippen LogP contribution in [0.2, 0.25) is 0 Å². The van der Waals surface area contributed by atoms with Crippen LogP contribution in [0.15, 0.2) is 30.5 Å². The summed E-state index contributed by atoms with van der Waals surface area (Å²) in [6, 6.07) is 6.28. The number of nitrogens with zero attached hydrogens (tertiary/aromatic N) is 2. The van der Waals surface area contributed by atoms with Crippen LogP contribution in [0.25, 0.3) is 11.3 Å². The van der Waals surface area contributed by atoms with Gasteiger partial charge in [-0.05, 0) is 0 Å². The van der Waals surface area contributed by atoms with Crippen molar-refractivity contribution in [2.45, 2.75) is 12.8 Å². The number of carbonyl (C=O) groups excluding carboxylic acids is 1. The first-order chi connectivity index (χ1) is 8.70. The van der Waals surface area contributed by atoms with E-state index in [1.807, 2.05) is 0 Å². The van der Waals surface area contributed by atoms with Crippen LogP contribution in [0.5, 0.6) is 0 Å². The Labute approximate surface area is 103 Å². The van der Waals surface area contributed by atoms with Crippen molar-refractivity contribution in [2.75, 3.05) is 0 Å². The second kappa shape index (κ2) is 5.22. The Balaban J connectivity index is 2.25. The molecule has 92 valence electrons. The SMILES string of the molecule is O=CCCc1nc(-c2cccc([N+](=O)[O-])c2)c[nH]1. The van der Waals surface area contributed by atoms with E-state index in [1.165, 1.54) is 12.1 Å². The molecule has 1 aromatic heterocycles. The van der Waals surface area contributed by atoms with E-state index < -0.39 is 4.92 Å². The molecule has 0 fully saturated rings. The molecule has 1 aromatic carbocycles. The lowest BCUT2D eigenvalue weighted by Gasteiger charge is -1.96. The van der Waals surface area contributed by atoms with Crippen LogP contribution in [0.1, 0.15) is 12.2 Å².